The highest BCUT2D eigenvalue weighted by molar-refractivity contribution is 5.84. The molecule has 29 heavy (non-hydrogen) atoms. The Bertz CT molecular complexity index is 606. The van der Waals surface area contributed by atoms with E-state index in [1.54, 1.807) is 0 Å². The number of Topliss-reactive ketones (excluding diaryl/α,β-unsaturated/α-hetero) is 1. The van der Waals surface area contributed by atoms with Gasteiger partial charge < -0.3 is 4.74 Å². The molecular formula is C25H40FNO2. The zero-order chi connectivity index (χ0) is 20.0. The molecule has 0 bridgehead atoms. The summed E-state index contributed by atoms with van der Waals surface area (Å²) in [5, 5.41) is 0. The Labute approximate surface area is 176 Å². The number of nitrogens with zero attached hydrogens (tertiary/aromatic N) is 1. The van der Waals surface area contributed by atoms with E-state index in [-0.39, 0.29) is 18.0 Å². The average molecular weight is 406 g/mol. The second-order valence-corrected chi connectivity index (χ2v) is 11.3. The lowest BCUT2D eigenvalue weighted by Crippen LogP contribution is -2.50. The molecule has 0 aromatic heterocycles. The summed E-state index contributed by atoms with van der Waals surface area (Å²) in [4.78, 5) is 15.6. The van der Waals surface area contributed by atoms with E-state index < -0.39 is 0 Å². The van der Waals surface area contributed by atoms with Gasteiger partial charge in [-0.2, -0.15) is 0 Å². The van der Waals surface area contributed by atoms with E-state index >= 15 is 0 Å². The molecular weight excluding hydrogens is 365 g/mol. The van der Waals surface area contributed by atoms with Gasteiger partial charge in [0.15, 0.2) is 0 Å². The van der Waals surface area contributed by atoms with Crippen molar-refractivity contribution in [3.8, 4) is 0 Å². The first-order valence-corrected chi connectivity index (χ1v) is 12.5. The van der Waals surface area contributed by atoms with Crippen molar-refractivity contribution in [2.45, 2.75) is 64.7 Å². The number of morpholine rings is 1. The van der Waals surface area contributed by atoms with E-state index in [0.717, 1.165) is 75.2 Å². The standard InChI is InChI=1S/C25H40FNO2/c1-25-9-8-20-19-4-2-17(15-26)14-18(19)3-5-21(20)22(25)6-7-23(25)24(28)16-27-10-12-29-13-11-27/h17-23H,2-16H2,1H3. The van der Waals surface area contributed by atoms with Gasteiger partial charge in [0.05, 0.1) is 26.4 Å². The van der Waals surface area contributed by atoms with Crippen molar-refractivity contribution >= 4 is 5.78 Å². The minimum atomic E-state index is -0.106. The van der Waals surface area contributed by atoms with Crippen molar-refractivity contribution in [1.29, 1.82) is 0 Å². The number of fused-ring (bicyclic) bond motifs is 5. The number of hydrogen-bond donors (Lipinski definition) is 0. The summed E-state index contributed by atoms with van der Waals surface area (Å²) in [7, 11) is 0. The lowest BCUT2D eigenvalue weighted by Gasteiger charge is -2.56. The molecule has 0 spiro atoms. The van der Waals surface area contributed by atoms with Gasteiger partial charge in [-0.3, -0.25) is 14.1 Å². The van der Waals surface area contributed by atoms with Gasteiger partial charge in [-0.25, -0.2) is 0 Å². The van der Waals surface area contributed by atoms with Crippen LogP contribution in [0.5, 0.6) is 0 Å². The highest BCUT2D eigenvalue weighted by Gasteiger charge is 2.58. The third-order valence-electron chi connectivity index (χ3n) is 10.2. The van der Waals surface area contributed by atoms with Crippen LogP contribution in [-0.4, -0.2) is 50.2 Å². The summed E-state index contributed by atoms with van der Waals surface area (Å²) in [6, 6.07) is 0. The van der Waals surface area contributed by atoms with Crippen LogP contribution in [0, 0.1) is 46.8 Å². The molecule has 164 valence electrons. The molecule has 0 aromatic carbocycles. The summed E-state index contributed by atoms with van der Waals surface area (Å²) in [6.45, 7) is 6.36. The van der Waals surface area contributed by atoms with Crippen LogP contribution < -0.4 is 0 Å². The Hall–Kier alpha value is -0.480. The number of ether oxygens (including phenoxy) is 1. The monoisotopic (exact) mass is 405 g/mol. The van der Waals surface area contributed by atoms with E-state index in [1.807, 2.05) is 0 Å². The first kappa shape index (κ1) is 20.4. The first-order chi connectivity index (χ1) is 14.1. The molecule has 0 N–H and O–H groups in total. The second kappa shape index (κ2) is 8.22. The minimum absolute atomic E-state index is 0.106. The maximum absolute atomic E-state index is 13.3. The SMILES string of the molecule is CC12CCC3C4CCC(CF)CC4CCC3C1CCC2C(=O)CN1CCOCC1. The van der Waals surface area contributed by atoms with Crippen molar-refractivity contribution in [1.82, 2.24) is 4.90 Å². The number of carbonyl (C=O) groups excluding carboxylic acids is 1. The maximum Gasteiger partial charge on any atom is 0.150 e. The summed E-state index contributed by atoms with van der Waals surface area (Å²) in [5.74, 6) is 5.21. The van der Waals surface area contributed by atoms with Crippen molar-refractivity contribution < 1.29 is 13.9 Å². The summed E-state index contributed by atoms with van der Waals surface area (Å²) < 4.78 is 18.7. The van der Waals surface area contributed by atoms with Gasteiger partial charge >= 0.3 is 0 Å². The lowest BCUT2D eigenvalue weighted by molar-refractivity contribution is -0.132. The first-order valence-electron chi connectivity index (χ1n) is 12.5. The lowest BCUT2D eigenvalue weighted by atomic mass is 9.49. The molecule has 5 fully saturated rings. The van der Waals surface area contributed by atoms with Crippen LogP contribution in [0.1, 0.15) is 64.7 Å². The fourth-order valence-electron chi connectivity index (χ4n) is 8.71. The molecule has 0 aromatic rings. The van der Waals surface area contributed by atoms with Crippen molar-refractivity contribution in [3.05, 3.63) is 0 Å². The number of halogens is 1. The zero-order valence-corrected chi connectivity index (χ0v) is 18.3. The number of alkyl halides is 1. The van der Waals surface area contributed by atoms with Crippen molar-refractivity contribution in [2.75, 3.05) is 39.5 Å². The summed E-state index contributed by atoms with van der Waals surface area (Å²) in [6.07, 6.45) is 11.1. The van der Waals surface area contributed by atoms with Gasteiger partial charge in [-0.05, 0) is 98.7 Å². The van der Waals surface area contributed by atoms with Gasteiger partial charge in [0, 0.05) is 19.0 Å². The van der Waals surface area contributed by atoms with E-state index in [0.29, 0.717) is 18.2 Å². The predicted molar refractivity (Wildman–Crippen MR) is 112 cm³/mol. The predicted octanol–water partition coefficient (Wildman–Crippen LogP) is 4.74. The second-order valence-electron chi connectivity index (χ2n) is 11.3. The summed E-state index contributed by atoms with van der Waals surface area (Å²) >= 11 is 0. The van der Waals surface area contributed by atoms with Crippen molar-refractivity contribution in [3.63, 3.8) is 0 Å². The molecule has 4 saturated carbocycles. The largest absolute Gasteiger partial charge is 0.379 e. The number of carbonyl (C=O) groups is 1. The van der Waals surface area contributed by atoms with Crippen molar-refractivity contribution in [2.24, 2.45) is 46.8 Å². The number of hydrogen-bond acceptors (Lipinski definition) is 3. The topological polar surface area (TPSA) is 29.5 Å². The third kappa shape index (κ3) is 3.60. The zero-order valence-electron chi connectivity index (χ0n) is 18.3. The molecule has 8 atom stereocenters. The molecule has 8 unspecified atom stereocenters. The third-order valence-corrected chi connectivity index (χ3v) is 10.2. The van der Waals surface area contributed by atoms with Gasteiger partial charge in [-0.1, -0.05) is 6.92 Å². The van der Waals surface area contributed by atoms with Gasteiger partial charge in [-0.15, -0.1) is 0 Å². The smallest absolute Gasteiger partial charge is 0.150 e. The fourth-order valence-corrected chi connectivity index (χ4v) is 8.71. The molecule has 4 aliphatic carbocycles. The summed E-state index contributed by atoms with van der Waals surface area (Å²) in [5.41, 5.74) is 0.230. The fraction of sp³-hybridized carbons (Fsp3) is 0.960. The minimum Gasteiger partial charge on any atom is -0.379 e. The molecule has 0 radical (unpaired) electrons. The van der Waals surface area contributed by atoms with Gasteiger partial charge in [0.25, 0.3) is 0 Å². The van der Waals surface area contributed by atoms with Crippen LogP contribution in [0.15, 0.2) is 0 Å². The molecule has 4 heteroatoms. The molecule has 1 aliphatic heterocycles. The van der Waals surface area contributed by atoms with E-state index in [9.17, 15) is 9.18 Å². The van der Waals surface area contributed by atoms with Crippen LogP contribution in [0.4, 0.5) is 4.39 Å². The maximum atomic E-state index is 13.3. The van der Waals surface area contributed by atoms with E-state index in [4.69, 9.17) is 4.74 Å². The molecule has 1 saturated heterocycles. The normalized spacial score (nSPS) is 47.9. The van der Waals surface area contributed by atoms with Gasteiger partial charge in [0.2, 0.25) is 0 Å². The quantitative estimate of drug-likeness (QED) is 0.676. The Balaban J connectivity index is 1.26. The van der Waals surface area contributed by atoms with E-state index in [1.165, 1.54) is 38.5 Å². The van der Waals surface area contributed by atoms with Crippen LogP contribution >= 0.6 is 0 Å². The molecule has 0 amide bonds. The Morgan fingerprint density at radius 1 is 1.00 bits per heavy atom. The number of rotatable bonds is 4. The highest BCUT2D eigenvalue weighted by atomic mass is 19.1. The van der Waals surface area contributed by atoms with Crippen LogP contribution in [0.3, 0.4) is 0 Å². The molecule has 5 rings (SSSR count). The molecule has 3 nitrogen and oxygen atoms in total. The molecule has 1 heterocycles. The number of ketones is 1. The Morgan fingerprint density at radius 2 is 1.79 bits per heavy atom. The highest BCUT2D eigenvalue weighted by Crippen LogP contribution is 2.64. The van der Waals surface area contributed by atoms with Gasteiger partial charge in [0.1, 0.15) is 5.78 Å². The Kier molecular flexibility index (Phi) is 5.79. The van der Waals surface area contributed by atoms with E-state index in [2.05, 4.69) is 11.8 Å². The van der Waals surface area contributed by atoms with Crippen LogP contribution in [0.2, 0.25) is 0 Å². The molecule has 5 aliphatic rings. The Morgan fingerprint density at radius 3 is 2.59 bits per heavy atom. The van der Waals surface area contributed by atoms with Crippen LogP contribution in [0.25, 0.3) is 0 Å². The average Bonchev–Trinajstić information content (AvgIpc) is 3.11. The van der Waals surface area contributed by atoms with Crippen LogP contribution in [-0.2, 0) is 9.53 Å².